The lowest BCUT2D eigenvalue weighted by Gasteiger charge is -2.05. The highest BCUT2D eigenvalue weighted by Crippen LogP contribution is 1.85. The first-order valence-corrected chi connectivity index (χ1v) is 5.19. The van der Waals surface area contributed by atoms with Gasteiger partial charge in [-0.25, -0.2) is 9.78 Å². The van der Waals surface area contributed by atoms with Crippen LogP contribution in [-0.4, -0.2) is 34.3 Å². The fraction of sp³-hybridized carbons (Fsp3) is 0.667. The largest absolute Gasteiger partial charge is 0.338 e. The average molecular weight is 211 g/mol. The molecule has 1 aromatic rings. The first-order chi connectivity index (χ1) is 7.33. The number of aromatic amines is 1. The second kappa shape index (κ2) is 6.80. The lowest BCUT2D eigenvalue weighted by atomic mass is 10.3. The van der Waals surface area contributed by atoms with E-state index in [1.54, 1.807) is 0 Å². The molecule has 0 saturated heterocycles. The second-order valence-corrected chi connectivity index (χ2v) is 3.22. The molecule has 0 aliphatic rings. The Hall–Kier alpha value is -1.59. The molecule has 0 aromatic carbocycles. The molecule has 0 aliphatic carbocycles. The van der Waals surface area contributed by atoms with E-state index in [0.29, 0.717) is 13.0 Å². The zero-order valence-corrected chi connectivity index (χ0v) is 8.92. The molecular formula is C9H17N5O. The Morgan fingerprint density at radius 2 is 2.27 bits per heavy atom. The molecule has 0 unspecified atom stereocenters. The van der Waals surface area contributed by atoms with E-state index in [9.17, 15) is 4.79 Å². The Morgan fingerprint density at radius 1 is 1.47 bits per heavy atom. The molecule has 1 heterocycles. The van der Waals surface area contributed by atoms with Gasteiger partial charge in [0.2, 0.25) is 0 Å². The number of hydrogen-bond acceptors (Lipinski definition) is 3. The summed E-state index contributed by atoms with van der Waals surface area (Å²) in [6, 6.07) is -0.122. The van der Waals surface area contributed by atoms with Crippen molar-refractivity contribution in [3.63, 3.8) is 0 Å². The molecule has 6 heteroatoms. The van der Waals surface area contributed by atoms with E-state index >= 15 is 0 Å². The van der Waals surface area contributed by atoms with Gasteiger partial charge in [-0.15, -0.1) is 0 Å². The Morgan fingerprint density at radius 3 is 2.93 bits per heavy atom. The number of urea groups is 1. The van der Waals surface area contributed by atoms with Crippen LogP contribution in [-0.2, 0) is 6.42 Å². The van der Waals surface area contributed by atoms with Crippen molar-refractivity contribution in [3.05, 3.63) is 12.2 Å². The van der Waals surface area contributed by atoms with Crippen LogP contribution in [0.2, 0.25) is 0 Å². The summed E-state index contributed by atoms with van der Waals surface area (Å²) in [5, 5.41) is 12.0. The molecule has 1 rings (SSSR count). The van der Waals surface area contributed by atoms with Gasteiger partial charge in [-0.3, -0.25) is 5.10 Å². The predicted octanol–water partition coefficient (Wildman–Crippen LogP) is 0.446. The van der Waals surface area contributed by atoms with Crippen LogP contribution in [0, 0.1) is 0 Å². The van der Waals surface area contributed by atoms with Crippen molar-refractivity contribution in [1.29, 1.82) is 0 Å². The SMILES string of the molecule is CCCCNC(=O)NCCc1ncn[nH]1. The Bertz CT molecular complexity index is 272. The minimum Gasteiger partial charge on any atom is -0.338 e. The maximum atomic E-state index is 11.2. The van der Waals surface area contributed by atoms with E-state index in [4.69, 9.17) is 0 Å². The third-order valence-corrected chi connectivity index (χ3v) is 1.93. The van der Waals surface area contributed by atoms with Gasteiger partial charge in [-0.05, 0) is 6.42 Å². The summed E-state index contributed by atoms with van der Waals surface area (Å²) < 4.78 is 0. The fourth-order valence-electron chi connectivity index (χ4n) is 1.09. The summed E-state index contributed by atoms with van der Waals surface area (Å²) >= 11 is 0. The number of H-pyrrole nitrogens is 1. The van der Waals surface area contributed by atoms with Crippen LogP contribution < -0.4 is 10.6 Å². The molecule has 0 saturated carbocycles. The highest BCUT2D eigenvalue weighted by atomic mass is 16.2. The number of nitrogens with one attached hydrogen (secondary N) is 3. The van der Waals surface area contributed by atoms with E-state index in [-0.39, 0.29) is 6.03 Å². The van der Waals surface area contributed by atoms with Crippen molar-refractivity contribution in [1.82, 2.24) is 25.8 Å². The number of carbonyl (C=O) groups excluding carboxylic acids is 1. The molecular weight excluding hydrogens is 194 g/mol. The van der Waals surface area contributed by atoms with Gasteiger partial charge in [-0.1, -0.05) is 13.3 Å². The molecule has 0 spiro atoms. The van der Waals surface area contributed by atoms with Gasteiger partial charge in [-0.2, -0.15) is 5.10 Å². The van der Waals surface area contributed by atoms with Crippen molar-refractivity contribution in [2.24, 2.45) is 0 Å². The van der Waals surface area contributed by atoms with Crippen molar-refractivity contribution in [3.8, 4) is 0 Å². The summed E-state index contributed by atoms with van der Waals surface area (Å²) in [6.07, 6.45) is 4.21. The van der Waals surface area contributed by atoms with Crippen LogP contribution in [0.4, 0.5) is 4.79 Å². The van der Waals surface area contributed by atoms with Crippen molar-refractivity contribution >= 4 is 6.03 Å². The van der Waals surface area contributed by atoms with Crippen LogP contribution >= 0.6 is 0 Å². The standard InChI is InChI=1S/C9H17N5O/c1-2-3-5-10-9(15)11-6-4-8-12-7-13-14-8/h7H,2-6H2,1H3,(H2,10,11,15)(H,12,13,14). The molecule has 0 radical (unpaired) electrons. The van der Waals surface area contributed by atoms with Crippen molar-refractivity contribution in [2.75, 3.05) is 13.1 Å². The van der Waals surface area contributed by atoms with Crippen molar-refractivity contribution in [2.45, 2.75) is 26.2 Å². The molecule has 3 N–H and O–H groups in total. The topological polar surface area (TPSA) is 82.7 Å². The molecule has 1 aromatic heterocycles. The van der Waals surface area contributed by atoms with Crippen molar-refractivity contribution < 1.29 is 4.79 Å². The number of carbonyl (C=O) groups is 1. The zero-order valence-electron chi connectivity index (χ0n) is 8.92. The first kappa shape index (κ1) is 11.5. The highest BCUT2D eigenvalue weighted by molar-refractivity contribution is 5.73. The van der Waals surface area contributed by atoms with Gasteiger partial charge in [0.1, 0.15) is 12.2 Å². The van der Waals surface area contributed by atoms with E-state index in [1.165, 1.54) is 6.33 Å². The van der Waals surface area contributed by atoms with E-state index in [2.05, 4.69) is 32.7 Å². The number of aromatic nitrogens is 3. The van der Waals surface area contributed by atoms with Crippen LogP contribution in [0.3, 0.4) is 0 Å². The average Bonchev–Trinajstić information content (AvgIpc) is 2.71. The maximum absolute atomic E-state index is 11.2. The molecule has 6 nitrogen and oxygen atoms in total. The smallest absolute Gasteiger partial charge is 0.314 e. The summed E-state index contributed by atoms with van der Waals surface area (Å²) in [4.78, 5) is 15.1. The number of unbranched alkanes of at least 4 members (excludes halogenated alkanes) is 1. The van der Waals surface area contributed by atoms with E-state index in [1.807, 2.05) is 0 Å². The van der Waals surface area contributed by atoms with Gasteiger partial charge >= 0.3 is 6.03 Å². The molecule has 0 fully saturated rings. The minimum absolute atomic E-state index is 0.122. The van der Waals surface area contributed by atoms with Gasteiger partial charge in [0, 0.05) is 19.5 Å². The van der Waals surface area contributed by atoms with Crippen LogP contribution in [0.5, 0.6) is 0 Å². The third-order valence-electron chi connectivity index (χ3n) is 1.93. The predicted molar refractivity (Wildman–Crippen MR) is 56.4 cm³/mol. The molecule has 2 amide bonds. The summed E-state index contributed by atoms with van der Waals surface area (Å²) in [5.74, 6) is 0.781. The van der Waals surface area contributed by atoms with Gasteiger partial charge in [0.25, 0.3) is 0 Å². The normalized spacial score (nSPS) is 9.93. The third kappa shape index (κ3) is 4.99. The second-order valence-electron chi connectivity index (χ2n) is 3.22. The number of rotatable bonds is 6. The Kier molecular flexibility index (Phi) is 5.21. The zero-order chi connectivity index (χ0) is 10.9. The van der Waals surface area contributed by atoms with E-state index < -0.39 is 0 Å². The van der Waals surface area contributed by atoms with Gasteiger partial charge in [0.05, 0.1) is 0 Å². The maximum Gasteiger partial charge on any atom is 0.314 e. The lowest BCUT2D eigenvalue weighted by Crippen LogP contribution is -2.37. The summed E-state index contributed by atoms with van der Waals surface area (Å²) in [7, 11) is 0. The molecule has 0 bridgehead atoms. The number of amides is 2. The Balaban J connectivity index is 2.02. The fourth-order valence-corrected chi connectivity index (χ4v) is 1.09. The minimum atomic E-state index is -0.122. The van der Waals surface area contributed by atoms with Crippen LogP contribution in [0.1, 0.15) is 25.6 Å². The molecule has 0 aliphatic heterocycles. The molecule has 15 heavy (non-hydrogen) atoms. The molecule has 84 valence electrons. The first-order valence-electron chi connectivity index (χ1n) is 5.19. The summed E-state index contributed by atoms with van der Waals surface area (Å²) in [5.41, 5.74) is 0. The molecule has 0 atom stereocenters. The summed E-state index contributed by atoms with van der Waals surface area (Å²) in [6.45, 7) is 3.38. The lowest BCUT2D eigenvalue weighted by molar-refractivity contribution is 0.241. The highest BCUT2D eigenvalue weighted by Gasteiger charge is 1.99. The monoisotopic (exact) mass is 211 g/mol. The van der Waals surface area contributed by atoms with Crippen LogP contribution in [0.15, 0.2) is 6.33 Å². The van der Waals surface area contributed by atoms with Gasteiger partial charge < -0.3 is 10.6 Å². The van der Waals surface area contributed by atoms with Crippen LogP contribution in [0.25, 0.3) is 0 Å². The quantitative estimate of drug-likeness (QED) is 0.597. The Labute approximate surface area is 88.9 Å². The number of nitrogens with zero attached hydrogens (tertiary/aromatic N) is 2. The number of hydrogen-bond donors (Lipinski definition) is 3. The van der Waals surface area contributed by atoms with Gasteiger partial charge in [0.15, 0.2) is 0 Å². The van der Waals surface area contributed by atoms with E-state index in [0.717, 1.165) is 25.2 Å².